The van der Waals surface area contributed by atoms with Crippen LogP contribution in [0, 0.1) is 18.3 Å². The van der Waals surface area contributed by atoms with E-state index < -0.39 is 0 Å². The first kappa shape index (κ1) is 24.5. The summed E-state index contributed by atoms with van der Waals surface area (Å²) in [6.45, 7) is 10.4. The molecular weight excluding hydrogens is 424 g/mol. The average molecular weight is 461 g/mol. The lowest BCUT2D eigenvalue weighted by Crippen LogP contribution is -2.16. The Bertz CT molecular complexity index is 1300. The Hall–Kier alpha value is -3.65. The van der Waals surface area contributed by atoms with Crippen LogP contribution in [0.5, 0.6) is 0 Å². The topological polar surface area (TPSA) is 49.9 Å². The quantitative estimate of drug-likeness (QED) is 0.151. The Morgan fingerprint density at radius 3 is 2.31 bits per heavy atom. The third-order valence-corrected chi connectivity index (χ3v) is 7.06. The minimum atomic E-state index is 0.528. The Balaban J connectivity index is 1.98. The largest absolute Gasteiger partial charge is 0.398 e. The first-order chi connectivity index (χ1) is 16.9. The van der Waals surface area contributed by atoms with Crippen LogP contribution in [0.4, 0.5) is 5.69 Å². The molecule has 0 saturated heterocycles. The summed E-state index contributed by atoms with van der Waals surface area (Å²) in [5, 5.41) is 7.88. The van der Waals surface area contributed by atoms with E-state index in [0.29, 0.717) is 11.6 Å². The molecule has 0 amide bonds. The van der Waals surface area contributed by atoms with Crippen LogP contribution in [0.15, 0.2) is 78.9 Å². The van der Waals surface area contributed by atoms with E-state index >= 15 is 0 Å². The number of benzene rings is 3. The summed E-state index contributed by atoms with van der Waals surface area (Å²) < 4.78 is 0. The molecule has 1 saturated carbocycles. The van der Waals surface area contributed by atoms with Crippen LogP contribution in [0.25, 0.3) is 17.2 Å². The van der Waals surface area contributed by atoms with Crippen molar-refractivity contribution in [3.05, 3.63) is 118 Å². The Morgan fingerprint density at radius 2 is 1.74 bits per heavy atom. The Kier molecular flexibility index (Phi) is 7.51. The summed E-state index contributed by atoms with van der Waals surface area (Å²) >= 11 is 0. The maximum Gasteiger partial charge on any atom is 0.0403 e. The third kappa shape index (κ3) is 5.38. The lowest BCUT2D eigenvalue weighted by atomic mass is 9.72. The first-order valence-corrected chi connectivity index (χ1v) is 12.6. The van der Waals surface area contributed by atoms with Crippen molar-refractivity contribution in [3.63, 3.8) is 0 Å². The zero-order valence-corrected chi connectivity index (χ0v) is 21.2. The van der Waals surface area contributed by atoms with Gasteiger partial charge in [-0.05, 0) is 95.7 Å². The standard InChI is InChI=1S/C33H36N2/c1-5-24-13-17-30(23(4)19-24)33(26-7-6-8-26)32(28-16-18-31(35)29(20-28)21-34)27-14-11-25(12-15-27)10-9-22(2)3/h9-21,26,34H,2,5-8,35H2,1,3-4H3/b10-9+,33-32+,34-21?. The van der Waals surface area contributed by atoms with Gasteiger partial charge in [0.2, 0.25) is 0 Å². The van der Waals surface area contributed by atoms with E-state index in [9.17, 15) is 0 Å². The highest BCUT2D eigenvalue weighted by Gasteiger charge is 2.28. The van der Waals surface area contributed by atoms with E-state index in [1.807, 2.05) is 19.1 Å². The minimum Gasteiger partial charge on any atom is -0.398 e. The van der Waals surface area contributed by atoms with E-state index in [4.69, 9.17) is 11.1 Å². The van der Waals surface area contributed by atoms with Gasteiger partial charge < -0.3 is 11.1 Å². The molecule has 0 radical (unpaired) electrons. The van der Waals surface area contributed by atoms with Gasteiger partial charge >= 0.3 is 0 Å². The third-order valence-electron chi connectivity index (χ3n) is 7.06. The molecule has 0 bridgehead atoms. The minimum absolute atomic E-state index is 0.528. The predicted molar refractivity (Wildman–Crippen MR) is 153 cm³/mol. The summed E-state index contributed by atoms with van der Waals surface area (Å²) in [6, 6.07) is 21.8. The van der Waals surface area contributed by atoms with Gasteiger partial charge in [0, 0.05) is 17.5 Å². The van der Waals surface area contributed by atoms with Crippen molar-refractivity contribution in [2.45, 2.75) is 46.5 Å². The molecule has 2 heteroatoms. The van der Waals surface area contributed by atoms with Crippen molar-refractivity contribution < 1.29 is 0 Å². The van der Waals surface area contributed by atoms with E-state index in [-0.39, 0.29) is 0 Å². The molecule has 3 N–H and O–H groups in total. The number of hydrogen-bond donors (Lipinski definition) is 2. The average Bonchev–Trinajstić information content (AvgIpc) is 2.82. The smallest absolute Gasteiger partial charge is 0.0403 e. The van der Waals surface area contributed by atoms with Gasteiger partial charge in [-0.3, -0.25) is 0 Å². The molecule has 0 aliphatic heterocycles. The summed E-state index contributed by atoms with van der Waals surface area (Å²) in [5.41, 5.74) is 18.8. The Labute approximate surface area is 210 Å². The van der Waals surface area contributed by atoms with Crippen LogP contribution in [0.3, 0.4) is 0 Å². The molecule has 0 atom stereocenters. The zero-order chi connectivity index (χ0) is 24.9. The molecule has 35 heavy (non-hydrogen) atoms. The highest BCUT2D eigenvalue weighted by atomic mass is 14.6. The van der Waals surface area contributed by atoms with Gasteiger partial charge in [-0.15, -0.1) is 0 Å². The van der Waals surface area contributed by atoms with E-state index in [1.54, 1.807) is 0 Å². The molecule has 0 aromatic heterocycles. The fraction of sp³-hybridized carbons (Fsp3) is 0.242. The van der Waals surface area contributed by atoms with Crippen LogP contribution in [-0.4, -0.2) is 6.21 Å². The second kappa shape index (κ2) is 10.7. The number of nitrogens with two attached hydrogens (primary N) is 1. The van der Waals surface area contributed by atoms with E-state index in [0.717, 1.165) is 28.7 Å². The second-order valence-electron chi connectivity index (χ2n) is 9.71. The van der Waals surface area contributed by atoms with E-state index in [2.05, 4.69) is 81.1 Å². The van der Waals surface area contributed by atoms with Crippen LogP contribution >= 0.6 is 0 Å². The SMILES string of the molecule is C=C(C)/C=C/c1ccc(/C(=C(\c2ccc(CC)cc2C)C2CCC2)c2ccc(N)c(C=N)c2)cc1. The van der Waals surface area contributed by atoms with Crippen molar-refractivity contribution in [3.8, 4) is 0 Å². The van der Waals surface area contributed by atoms with Crippen LogP contribution in [0.2, 0.25) is 0 Å². The fourth-order valence-electron chi connectivity index (χ4n) is 4.84. The number of allylic oxidation sites excluding steroid dienone is 3. The maximum absolute atomic E-state index is 7.88. The number of anilines is 1. The highest BCUT2D eigenvalue weighted by Crippen LogP contribution is 2.46. The number of nitrogen functional groups attached to an aromatic ring is 1. The highest BCUT2D eigenvalue weighted by molar-refractivity contribution is 6.01. The monoisotopic (exact) mass is 460 g/mol. The summed E-state index contributed by atoms with van der Waals surface area (Å²) in [7, 11) is 0. The molecule has 0 spiro atoms. The van der Waals surface area contributed by atoms with Crippen molar-refractivity contribution in [1.29, 1.82) is 5.41 Å². The van der Waals surface area contributed by atoms with Crippen molar-refractivity contribution in [1.82, 2.24) is 0 Å². The summed E-state index contributed by atoms with van der Waals surface area (Å²) in [5.74, 6) is 0.528. The fourth-order valence-corrected chi connectivity index (χ4v) is 4.84. The molecule has 3 aromatic carbocycles. The van der Waals surface area contributed by atoms with Gasteiger partial charge in [0.15, 0.2) is 0 Å². The molecule has 178 valence electrons. The number of hydrogen-bond acceptors (Lipinski definition) is 2. The molecule has 0 unspecified atom stereocenters. The molecule has 1 aliphatic rings. The van der Waals surface area contributed by atoms with Gasteiger partial charge in [-0.1, -0.05) is 86.2 Å². The van der Waals surface area contributed by atoms with Crippen LogP contribution in [-0.2, 0) is 6.42 Å². The normalized spacial score (nSPS) is 14.5. The summed E-state index contributed by atoms with van der Waals surface area (Å²) in [4.78, 5) is 0. The second-order valence-corrected chi connectivity index (χ2v) is 9.71. The Morgan fingerprint density at radius 1 is 1.03 bits per heavy atom. The molecular formula is C33H36N2. The van der Waals surface area contributed by atoms with Crippen molar-refractivity contribution >= 4 is 29.1 Å². The van der Waals surface area contributed by atoms with Gasteiger partial charge in [0.25, 0.3) is 0 Å². The number of aryl methyl sites for hydroxylation is 2. The predicted octanol–water partition coefficient (Wildman–Crippen LogP) is 8.49. The first-order valence-electron chi connectivity index (χ1n) is 12.6. The van der Waals surface area contributed by atoms with Crippen LogP contribution in [0.1, 0.15) is 72.1 Å². The number of nitrogens with one attached hydrogen (secondary N) is 1. The van der Waals surface area contributed by atoms with Crippen molar-refractivity contribution in [2.24, 2.45) is 5.92 Å². The zero-order valence-electron chi connectivity index (χ0n) is 21.2. The lowest BCUT2D eigenvalue weighted by Gasteiger charge is -2.32. The molecule has 4 rings (SSSR count). The molecule has 3 aromatic rings. The van der Waals surface area contributed by atoms with Gasteiger partial charge in [-0.2, -0.15) is 0 Å². The molecule has 1 aliphatic carbocycles. The molecule has 0 heterocycles. The lowest BCUT2D eigenvalue weighted by molar-refractivity contribution is 0.401. The van der Waals surface area contributed by atoms with Gasteiger partial charge in [-0.25, -0.2) is 0 Å². The molecule has 2 nitrogen and oxygen atoms in total. The van der Waals surface area contributed by atoms with Gasteiger partial charge in [0.1, 0.15) is 0 Å². The summed E-state index contributed by atoms with van der Waals surface area (Å²) in [6.07, 6.45) is 10.2. The maximum atomic E-state index is 7.88. The van der Waals surface area contributed by atoms with Gasteiger partial charge in [0.05, 0.1) is 0 Å². The molecule has 1 fully saturated rings. The number of rotatable bonds is 8. The van der Waals surface area contributed by atoms with Crippen molar-refractivity contribution in [2.75, 3.05) is 5.73 Å². The van der Waals surface area contributed by atoms with E-state index in [1.165, 1.54) is 58.9 Å². The van der Waals surface area contributed by atoms with Crippen LogP contribution < -0.4 is 5.73 Å².